The van der Waals surface area contributed by atoms with Gasteiger partial charge in [-0.2, -0.15) is 0 Å². The van der Waals surface area contributed by atoms with E-state index in [4.69, 9.17) is 11.6 Å². The summed E-state index contributed by atoms with van der Waals surface area (Å²) >= 11 is 7.63. The van der Waals surface area contributed by atoms with Crippen molar-refractivity contribution in [1.82, 2.24) is 15.0 Å². The van der Waals surface area contributed by atoms with Crippen LogP contribution in [0.4, 0.5) is 5.82 Å². The zero-order valence-electron chi connectivity index (χ0n) is 13.3. The molecule has 0 amide bonds. The predicted molar refractivity (Wildman–Crippen MR) is 104 cm³/mol. The minimum atomic E-state index is 0.730. The van der Waals surface area contributed by atoms with Crippen molar-refractivity contribution in [1.29, 1.82) is 0 Å². The summed E-state index contributed by atoms with van der Waals surface area (Å²) < 4.78 is 0. The highest BCUT2D eigenvalue weighted by molar-refractivity contribution is 7.17. The Bertz CT molecular complexity index is 983. The molecule has 0 bridgehead atoms. The number of aromatic nitrogens is 3. The Hall–Kier alpha value is -2.50. The monoisotopic (exact) mass is 366 g/mol. The Balaban J connectivity index is 1.62. The molecule has 1 aromatic carbocycles. The first-order valence-corrected chi connectivity index (χ1v) is 9.19. The molecule has 3 aromatic heterocycles. The van der Waals surface area contributed by atoms with Crippen molar-refractivity contribution < 1.29 is 0 Å². The smallest absolute Gasteiger partial charge is 0.138 e. The number of hydrogen-bond donors (Lipinski definition) is 1. The molecule has 4 nitrogen and oxygen atoms in total. The van der Waals surface area contributed by atoms with Crippen LogP contribution in [0.5, 0.6) is 0 Å². The summed E-state index contributed by atoms with van der Waals surface area (Å²) in [4.78, 5) is 14.2. The fourth-order valence-electron chi connectivity index (χ4n) is 2.71. The maximum atomic E-state index is 6.01. The van der Waals surface area contributed by atoms with Gasteiger partial charge in [-0.15, -0.1) is 11.3 Å². The number of hydrogen-bond acceptors (Lipinski definition) is 5. The number of nitrogens with one attached hydrogen (secondary N) is 1. The van der Waals surface area contributed by atoms with Gasteiger partial charge >= 0.3 is 0 Å². The lowest BCUT2D eigenvalue weighted by Gasteiger charge is -2.08. The fourth-order valence-corrected chi connectivity index (χ4v) is 3.75. The number of halogens is 1. The third-order valence-electron chi connectivity index (χ3n) is 3.93. The number of rotatable bonds is 5. The van der Waals surface area contributed by atoms with Gasteiger partial charge in [0.15, 0.2) is 0 Å². The summed E-state index contributed by atoms with van der Waals surface area (Å²) in [7, 11) is 0. The second-order valence-corrected chi connectivity index (χ2v) is 6.85. The van der Waals surface area contributed by atoms with Crippen LogP contribution in [0.2, 0.25) is 5.02 Å². The van der Waals surface area contributed by atoms with Gasteiger partial charge < -0.3 is 5.32 Å². The number of fused-ring (bicyclic) bond motifs is 1. The van der Waals surface area contributed by atoms with E-state index in [0.29, 0.717) is 0 Å². The molecular formula is C19H15ClN4S. The van der Waals surface area contributed by atoms with Crippen molar-refractivity contribution in [3.8, 4) is 11.1 Å². The van der Waals surface area contributed by atoms with E-state index < -0.39 is 0 Å². The molecule has 124 valence electrons. The largest absolute Gasteiger partial charge is 0.369 e. The van der Waals surface area contributed by atoms with Gasteiger partial charge in [0.2, 0.25) is 0 Å². The van der Waals surface area contributed by atoms with E-state index in [0.717, 1.165) is 50.8 Å². The highest BCUT2D eigenvalue weighted by Crippen LogP contribution is 2.36. The summed E-state index contributed by atoms with van der Waals surface area (Å²) in [6.45, 7) is 0.763. The molecular weight excluding hydrogens is 352 g/mol. The van der Waals surface area contributed by atoms with Crippen LogP contribution in [-0.2, 0) is 6.42 Å². The Kier molecular flexibility index (Phi) is 4.59. The lowest BCUT2D eigenvalue weighted by atomic mass is 10.1. The van der Waals surface area contributed by atoms with E-state index >= 15 is 0 Å². The first-order chi connectivity index (χ1) is 12.3. The van der Waals surface area contributed by atoms with Gasteiger partial charge in [0, 0.05) is 40.8 Å². The van der Waals surface area contributed by atoms with Crippen LogP contribution in [0.25, 0.3) is 21.3 Å². The van der Waals surface area contributed by atoms with Crippen molar-refractivity contribution in [2.45, 2.75) is 6.42 Å². The summed E-state index contributed by atoms with van der Waals surface area (Å²) in [5.41, 5.74) is 3.29. The molecule has 1 N–H and O–H groups in total. The molecule has 0 aliphatic rings. The van der Waals surface area contributed by atoms with Gasteiger partial charge in [0.25, 0.3) is 0 Å². The summed E-state index contributed by atoms with van der Waals surface area (Å²) in [6, 6.07) is 13.8. The minimum Gasteiger partial charge on any atom is -0.369 e. The summed E-state index contributed by atoms with van der Waals surface area (Å²) in [5.74, 6) is 0.854. The molecule has 0 saturated carbocycles. The number of anilines is 1. The van der Waals surface area contributed by atoms with Crippen LogP contribution in [0, 0.1) is 0 Å². The Morgan fingerprint density at radius 3 is 2.68 bits per heavy atom. The van der Waals surface area contributed by atoms with Crippen molar-refractivity contribution in [2.75, 3.05) is 11.9 Å². The third kappa shape index (κ3) is 3.48. The maximum Gasteiger partial charge on any atom is 0.138 e. The van der Waals surface area contributed by atoms with Gasteiger partial charge in [-0.3, -0.25) is 4.98 Å². The molecule has 0 fully saturated rings. The van der Waals surface area contributed by atoms with Crippen LogP contribution in [-0.4, -0.2) is 21.5 Å². The molecule has 0 saturated heterocycles. The van der Waals surface area contributed by atoms with Gasteiger partial charge in [0.1, 0.15) is 17.0 Å². The van der Waals surface area contributed by atoms with E-state index in [9.17, 15) is 0 Å². The molecule has 0 aliphatic carbocycles. The second-order valence-electron chi connectivity index (χ2n) is 5.56. The normalized spacial score (nSPS) is 10.9. The van der Waals surface area contributed by atoms with Crippen LogP contribution in [0.15, 0.2) is 60.4 Å². The van der Waals surface area contributed by atoms with Crippen LogP contribution < -0.4 is 5.32 Å². The third-order valence-corrected chi connectivity index (χ3v) is 5.06. The molecule has 6 heteroatoms. The molecule has 0 unspecified atom stereocenters. The molecule has 3 heterocycles. The quantitative estimate of drug-likeness (QED) is 0.536. The average Bonchev–Trinajstić information content (AvgIpc) is 3.08. The van der Waals surface area contributed by atoms with Crippen LogP contribution >= 0.6 is 22.9 Å². The molecule has 4 aromatic rings. The lowest BCUT2D eigenvalue weighted by Crippen LogP contribution is -2.07. The first kappa shape index (κ1) is 16.0. The number of nitrogens with zero attached hydrogens (tertiary/aromatic N) is 3. The van der Waals surface area contributed by atoms with E-state index in [1.54, 1.807) is 17.7 Å². The van der Waals surface area contributed by atoms with Crippen molar-refractivity contribution in [2.24, 2.45) is 0 Å². The van der Waals surface area contributed by atoms with Crippen molar-refractivity contribution >= 4 is 39.0 Å². The fraction of sp³-hybridized carbons (Fsp3) is 0.105. The lowest BCUT2D eigenvalue weighted by molar-refractivity contribution is 0.954. The standard InChI is InChI=1S/C19H15ClN4S/c20-14-6-4-13(5-7-14)16-11-25-19-17(16)18(23-12-24-19)22-10-8-15-3-1-2-9-21-15/h1-7,9,11-12H,8,10H2,(H,22,23,24). The number of benzene rings is 1. The van der Waals surface area contributed by atoms with Crippen molar-refractivity contribution in [3.63, 3.8) is 0 Å². The Morgan fingerprint density at radius 2 is 1.88 bits per heavy atom. The zero-order chi connectivity index (χ0) is 17.1. The van der Waals surface area contributed by atoms with Crippen LogP contribution in [0.3, 0.4) is 0 Å². The Morgan fingerprint density at radius 1 is 1.00 bits per heavy atom. The summed E-state index contributed by atoms with van der Waals surface area (Å²) in [5, 5.41) is 7.33. The minimum absolute atomic E-state index is 0.730. The van der Waals surface area contributed by atoms with Gasteiger partial charge in [-0.1, -0.05) is 29.8 Å². The van der Waals surface area contributed by atoms with Crippen LogP contribution in [0.1, 0.15) is 5.69 Å². The second kappa shape index (κ2) is 7.17. The Labute approximate surface area is 154 Å². The van der Waals surface area contributed by atoms with E-state index in [1.165, 1.54) is 0 Å². The topological polar surface area (TPSA) is 50.7 Å². The number of thiophene rings is 1. The molecule has 0 spiro atoms. The zero-order valence-corrected chi connectivity index (χ0v) is 14.9. The van der Waals surface area contributed by atoms with Gasteiger partial charge in [-0.25, -0.2) is 9.97 Å². The SMILES string of the molecule is Clc1ccc(-c2csc3ncnc(NCCc4ccccn4)c23)cc1. The van der Waals surface area contributed by atoms with E-state index in [1.807, 2.05) is 48.7 Å². The van der Waals surface area contributed by atoms with Gasteiger partial charge in [-0.05, 0) is 29.8 Å². The van der Waals surface area contributed by atoms with E-state index in [-0.39, 0.29) is 0 Å². The molecule has 0 radical (unpaired) electrons. The van der Waals surface area contributed by atoms with Gasteiger partial charge in [0.05, 0.1) is 5.39 Å². The molecule has 0 aliphatic heterocycles. The molecule has 0 atom stereocenters. The predicted octanol–water partition coefficient (Wildman–Crippen LogP) is 5.06. The highest BCUT2D eigenvalue weighted by Gasteiger charge is 2.13. The molecule has 4 rings (SSSR count). The summed E-state index contributed by atoms with van der Waals surface area (Å²) in [6.07, 6.45) is 4.26. The van der Waals surface area contributed by atoms with E-state index in [2.05, 4.69) is 25.6 Å². The van der Waals surface area contributed by atoms with Crippen molar-refractivity contribution in [3.05, 3.63) is 71.1 Å². The highest BCUT2D eigenvalue weighted by atomic mass is 35.5. The molecule has 25 heavy (non-hydrogen) atoms. The first-order valence-electron chi connectivity index (χ1n) is 7.93. The number of pyridine rings is 1. The maximum absolute atomic E-state index is 6.01. The average molecular weight is 367 g/mol.